The van der Waals surface area contributed by atoms with E-state index in [9.17, 15) is 13.2 Å². The molecule has 0 aliphatic carbocycles. The minimum atomic E-state index is -3.97. The van der Waals surface area contributed by atoms with Crippen LogP contribution in [0.5, 0.6) is 0 Å². The Morgan fingerprint density at radius 3 is 2.12 bits per heavy atom. The molecule has 0 bridgehead atoms. The first-order valence-corrected chi connectivity index (χ1v) is 12.5. The summed E-state index contributed by atoms with van der Waals surface area (Å²) >= 11 is 6.18. The van der Waals surface area contributed by atoms with E-state index in [4.69, 9.17) is 11.6 Å². The summed E-state index contributed by atoms with van der Waals surface area (Å²) in [5, 5.41) is 2.97. The standard InChI is InChI=1S/C26H29ClN2O3S/c1-17-6-13-22(14-7-17)29-33(31,32)24-16-20(10-15-23(24)27)25(30)28-18(2)19-8-11-21(12-9-19)26(3,4)5/h6-16,18,29H,1-5H3,(H,28,30)/t18-/m1/s1. The third-order valence-corrected chi connectivity index (χ3v) is 7.27. The third kappa shape index (κ3) is 6.15. The molecule has 174 valence electrons. The summed E-state index contributed by atoms with van der Waals surface area (Å²) in [6, 6.07) is 19.0. The Bertz CT molecular complexity index is 1250. The Balaban J connectivity index is 1.79. The monoisotopic (exact) mass is 484 g/mol. The van der Waals surface area contributed by atoms with Crippen LogP contribution in [-0.4, -0.2) is 14.3 Å². The Morgan fingerprint density at radius 1 is 0.939 bits per heavy atom. The molecule has 7 heteroatoms. The minimum Gasteiger partial charge on any atom is -0.346 e. The molecule has 0 saturated heterocycles. The molecule has 3 rings (SSSR count). The lowest BCUT2D eigenvalue weighted by molar-refractivity contribution is 0.0939. The maximum atomic E-state index is 12.9. The van der Waals surface area contributed by atoms with Crippen LogP contribution in [0.25, 0.3) is 0 Å². The van der Waals surface area contributed by atoms with Crippen molar-refractivity contribution in [3.8, 4) is 0 Å². The number of aryl methyl sites for hydroxylation is 1. The summed E-state index contributed by atoms with van der Waals surface area (Å²) in [5.74, 6) is -0.383. The van der Waals surface area contributed by atoms with Gasteiger partial charge in [-0.25, -0.2) is 8.42 Å². The first kappa shape index (κ1) is 24.8. The minimum absolute atomic E-state index is 0.0389. The Labute approximate surface area is 201 Å². The summed E-state index contributed by atoms with van der Waals surface area (Å²) in [4.78, 5) is 12.7. The number of sulfonamides is 1. The normalized spacial score (nSPS) is 12.8. The topological polar surface area (TPSA) is 75.3 Å². The molecule has 0 aliphatic heterocycles. The smallest absolute Gasteiger partial charge is 0.263 e. The predicted octanol–water partition coefficient (Wildman–Crippen LogP) is 6.24. The molecular formula is C26H29ClN2O3S. The zero-order valence-corrected chi connectivity index (χ0v) is 21.0. The molecule has 3 aromatic carbocycles. The fourth-order valence-electron chi connectivity index (χ4n) is 3.32. The molecule has 0 spiro atoms. The summed E-state index contributed by atoms with van der Waals surface area (Å²) in [5.41, 5.74) is 3.85. The van der Waals surface area contributed by atoms with E-state index in [2.05, 4.69) is 42.9 Å². The number of carbonyl (C=O) groups excluding carboxylic acids is 1. The molecule has 0 aromatic heterocycles. The van der Waals surface area contributed by atoms with E-state index in [1.54, 1.807) is 24.3 Å². The van der Waals surface area contributed by atoms with Crippen LogP contribution in [0.3, 0.4) is 0 Å². The highest BCUT2D eigenvalue weighted by molar-refractivity contribution is 7.92. The van der Waals surface area contributed by atoms with Gasteiger partial charge in [-0.05, 0) is 60.7 Å². The number of anilines is 1. The second kappa shape index (κ2) is 9.57. The molecule has 0 saturated carbocycles. The zero-order valence-electron chi connectivity index (χ0n) is 19.4. The van der Waals surface area contributed by atoms with Crippen molar-refractivity contribution < 1.29 is 13.2 Å². The number of amides is 1. The lowest BCUT2D eigenvalue weighted by atomic mass is 9.86. The number of halogens is 1. The van der Waals surface area contributed by atoms with Crippen LogP contribution in [0.2, 0.25) is 5.02 Å². The molecule has 1 atom stereocenters. The zero-order chi connectivity index (χ0) is 24.4. The summed E-state index contributed by atoms with van der Waals surface area (Å²) in [6.07, 6.45) is 0. The first-order chi connectivity index (χ1) is 15.4. The molecule has 2 N–H and O–H groups in total. The van der Waals surface area contributed by atoms with E-state index < -0.39 is 10.0 Å². The summed E-state index contributed by atoms with van der Waals surface area (Å²) in [7, 11) is -3.97. The Kier molecular flexibility index (Phi) is 7.20. The highest BCUT2D eigenvalue weighted by atomic mass is 35.5. The second-order valence-electron chi connectivity index (χ2n) is 9.18. The van der Waals surface area contributed by atoms with Crippen LogP contribution in [-0.2, 0) is 15.4 Å². The van der Waals surface area contributed by atoms with E-state index in [0.29, 0.717) is 5.69 Å². The van der Waals surface area contributed by atoms with Crippen LogP contribution < -0.4 is 10.0 Å². The van der Waals surface area contributed by atoms with Gasteiger partial charge in [-0.1, -0.05) is 74.3 Å². The van der Waals surface area contributed by atoms with Gasteiger partial charge in [-0.2, -0.15) is 0 Å². The first-order valence-electron chi connectivity index (χ1n) is 10.7. The van der Waals surface area contributed by atoms with Crippen molar-refractivity contribution in [3.63, 3.8) is 0 Å². The van der Waals surface area contributed by atoms with Gasteiger partial charge in [0, 0.05) is 11.3 Å². The van der Waals surface area contributed by atoms with Gasteiger partial charge < -0.3 is 5.32 Å². The molecular weight excluding hydrogens is 456 g/mol. The van der Waals surface area contributed by atoms with Gasteiger partial charge in [0.15, 0.2) is 0 Å². The van der Waals surface area contributed by atoms with Gasteiger partial charge in [-0.15, -0.1) is 0 Å². The number of rotatable bonds is 6. The van der Waals surface area contributed by atoms with Crippen molar-refractivity contribution in [3.05, 3.63) is 94.0 Å². The number of carbonyl (C=O) groups is 1. The van der Waals surface area contributed by atoms with Crippen LogP contribution in [0.4, 0.5) is 5.69 Å². The maximum Gasteiger partial charge on any atom is 0.263 e. The van der Waals surface area contributed by atoms with Gasteiger partial charge in [0.1, 0.15) is 4.90 Å². The van der Waals surface area contributed by atoms with Crippen LogP contribution in [0.15, 0.2) is 71.6 Å². The average Bonchev–Trinajstić information content (AvgIpc) is 2.74. The van der Waals surface area contributed by atoms with Gasteiger partial charge in [0.25, 0.3) is 15.9 Å². The van der Waals surface area contributed by atoms with Crippen molar-refractivity contribution >= 4 is 33.2 Å². The SMILES string of the molecule is Cc1ccc(NS(=O)(=O)c2cc(C(=O)N[C@H](C)c3ccc(C(C)(C)C)cc3)ccc2Cl)cc1. The average molecular weight is 485 g/mol. The van der Waals surface area contributed by atoms with E-state index in [1.807, 2.05) is 26.0 Å². The third-order valence-electron chi connectivity index (χ3n) is 5.41. The molecule has 0 unspecified atom stereocenters. The second-order valence-corrected chi connectivity index (χ2v) is 11.2. The molecule has 0 radical (unpaired) electrons. The molecule has 0 fully saturated rings. The van der Waals surface area contributed by atoms with E-state index in [1.165, 1.54) is 23.8 Å². The summed E-state index contributed by atoms with van der Waals surface area (Å²) in [6.45, 7) is 10.2. The quantitative estimate of drug-likeness (QED) is 0.435. The molecule has 1 amide bonds. The number of benzene rings is 3. The Morgan fingerprint density at radius 2 is 1.55 bits per heavy atom. The van der Waals surface area contributed by atoms with Crippen molar-refractivity contribution in [1.82, 2.24) is 5.32 Å². The van der Waals surface area contributed by atoms with Crippen molar-refractivity contribution in [2.75, 3.05) is 4.72 Å². The largest absolute Gasteiger partial charge is 0.346 e. The Hall–Kier alpha value is -2.83. The summed E-state index contributed by atoms with van der Waals surface area (Å²) < 4.78 is 28.3. The molecule has 33 heavy (non-hydrogen) atoms. The van der Waals surface area contributed by atoms with Crippen molar-refractivity contribution in [1.29, 1.82) is 0 Å². The molecule has 3 aromatic rings. The lowest BCUT2D eigenvalue weighted by Crippen LogP contribution is -2.27. The number of hydrogen-bond donors (Lipinski definition) is 2. The van der Waals surface area contributed by atoms with Crippen LogP contribution >= 0.6 is 11.6 Å². The van der Waals surface area contributed by atoms with E-state index in [-0.39, 0.29) is 32.8 Å². The van der Waals surface area contributed by atoms with E-state index in [0.717, 1.165) is 11.1 Å². The maximum absolute atomic E-state index is 12.9. The fourth-order valence-corrected chi connectivity index (χ4v) is 4.90. The van der Waals surface area contributed by atoms with Crippen LogP contribution in [0.1, 0.15) is 60.8 Å². The predicted molar refractivity (Wildman–Crippen MR) is 134 cm³/mol. The van der Waals surface area contributed by atoms with Gasteiger partial charge in [0.2, 0.25) is 0 Å². The van der Waals surface area contributed by atoms with Gasteiger partial charge >= 0.3 is 0 Å². The van der Waals surface area contributed by atoms with Crippen molar-refractivity contribution in [2.45, 2.75) is 51.0 Å². The molecule has 0 aliphatic rings. The molecule has 0 heterocycles. The van der Waals surface area contributed by atoms with Gasteiger partial charge in [0.05, 0.1) is 11.1 Å². The van der Waals surface area contributed by atoms with Crippen molar-refractivity contribution in [2.24, 2.45) is 0 Å². The number of hydrogen-bond acceptors (Lipinski definition) is 3. The number of nitrogens with one attached hydrogen (secondary N) is 2. The lowest BCUT2D eigenvalue weighted by Gasteiger charge is -2.21. The van der Waals surface area contributed by atoms with Crippen LogP contribution in [0, 0.1) is 6.92 Å². The van der Waals surface area contributed by atoms with Gasteiger partial charge in [-0.3, -0.25) is 9.52 Å². The highest BCUT2D eigenvalue weighted by Gasteiger charge is 2.21. The highest BCUT2D eigenvalue weighted by Crippen LogP contribution is 2.27. The fraction of sp³-hybridized carbons (Fsp3) is 0.269. The van der Waals surface area contributed by atoms with E-state index >= 15 is 0 Å². The molecule has 5 nitrogen and oxygen atoms in total.